The van der Waals surface area contributed by atoms with Gasteiger partial charge in [0.25, 0.3) is 5.91 Å². The molecule has 1 unspecified atom stereocenters. The van der Waals surface area contributed by atoms with Crippen LogP contribution in [-0.4, -0.2) is 17.4 Å². The van der Waals surface area contributed by atoms with Crippen LogP contribution in [-0.2, 0) is 0 Å². The second-order valence-corrected chi connectivity index (χ2v) is 4.95. The molecule has 0 saturated heterocycles. The number of nitrogens with one attached hydrogen (secondary N) is 2. The molecule has 1 aromatic heterocycles. The summed E-state index contributed by atoms with van der Waals surface area (Å²) in [7, 11) is 0. The third-order valence-corrected chi connectivity index (χ3v) is 3.37. The number of hydrogen-bond acceptors (Lipinski definition) is 3. The first kappa shape index (κ1) is 15.9. The van der Waals surface area contributed by atoms with Gasteiger partial charge in [-0.25, -0.2) is 9.37 Å². The second kappa shape index (κ2) is 7.54. The molecule has 22 heavy (non-hydrogen) atoms. The van der Waals surface area contributed by atoms with E-state index in [4.69, 9.17) is 0 Å². The average molecular weight is 301 g/mol. The van der Waals surface area contributed by atoms with Gasteiger partial charge in [0.15, 0.2) is 0 Å². The maximum Gasteiger partial charge on any atom is 0.252 e. The van der Waals surface area contributed by atoms with E-state index in [0.717, 1.165) is 12.0 Å². The third-order valence-electron chi connectivity index (χ3n) is 3.37. The number of carbonyl (C=O) groups is 1. The van der Waals surface area contributed by atoms with Crippen molar-refractivity contribution in [2.45, 2.75) is 26.3 Å². The van der Waals surface area contributed by atoms with Crippen molar-refractivity contribution in [1.29, 1.82) is 0 Å². The Morgan fingerprint density at radius 3 is 2.45 bits per heavy atom. The van der Waals surface area contributed by atoms with Gasteiger partial charge in [-0.3, -0.25) is 4.79 Å². The minimum absolute atomic E-state index is 0.0448. The Hall–Kier alpha value is -2.43. The van der Waals surface area contributed by atoms with E-state index in [2.05, 4.69) is 15.6 Å². The molecule has 1 heterocycles. The van der Waals surface area contributed by atoms with Crippen LogP contribution in [0.15, 0.2) is 42.6 Å². The smallest absolute Gasteiger partial charge is 0.252 e. The Kier molecular flexibility index (Phi) is 5.47. The summed E-state index contributed by atoms with van der Waals surface area (Å²) >= 11 is 0. The van der Waals surface area contributed by atoms with Crippen molar-refractivity contribution in [3.8, 4) is 0 Å². The molecule has 0 aliphatic carbocycles. The average Bonchev–Trinajstić information content (AvgIpc) is 2.54. The normalized spacial score (nSPS) is 11.8. The number of hydrogen-bond donors (Lipinski definition) is 2. The van der Waals surface area contributed by atoms with Gasteiger partial charge in [-0.15, -0.1) is 0 Å². The molecule has 0 aliphatic rings. The summed E-state index contributed by atoms with van der Waals surface area (Å²) in [5.41, 5.74) is 1.53. The van der Waals surface area contributed by atoms with Crippen molar-refractivity contribution in [1.82, 2.24) is 10.3 Å². The number of amides is 1. The highest BCUT2D eigenvalue weighted by atomic mass is 19.1. The van der Waals surface area contributed by atoms with Gasteiger partial charge < -0.3 is 10.6 Å². The number of benzene rings is 1. The first-order valence-corrected chi connectivity index (χ1v) is 7.40. The van der Waals surface area contributed by atoms with Crippen molar-refractivity contribution < 1.29 is 9.18 Å². The third kappa shape index (κ3) is 4.04. The summed E-state index contributed by atoms with van der Waals surface area (Å²) in [6.45, 7) is 4.50. The summed E-state index contributed by atoms with van der Waals surface area (Å²) in [6.07, 6.45) is 2.39. The molecule has 2 N–H and O–H groups in total. The molecular weight excluding hydrogens is 281 g/mol. The molecule has 2 aromatic rings. The Morgan fingerprint density at radius 2 is 1.91 bits per heavy atom. The lowest BCUT2D eigenvalue weighted by molar-refractivity contribution is 0.0955. The fourth-order valence-electron chi connectivity index (χ4n) is 2.17. The van der Waals surface area contributed by atoms with Gasteiger partial charge in [-0.1, -0.05) is 19.1 Å². The Labute approximate surface area is 129 Å². The molecule has 1 atom stereocenters. The number of nitrogens with zero attached hydrogens (tertiary/aromatic N) is 1. The second-order valence-electron chi connectivity index (χ2n) is 4.95. The van der Waals surface area contributed by atoms with Crippen LogP contribution >= 0.6 is 0 Å². The fraction of sp³-hybridized carbons (Fsp3) is 0.294. The minimum Gasteiger partial charge on any atom is -0.363 e. The zero-order chi connectivity index (χ0) is 15.9. The lowest BCUT2D eigenvalue weighted by Gasteiger charge is -2.18. The highest BCUT2D eigenvalue weighted by Crippen LogP contribution is 2.21. The Morgan fingerprint density at radius 1 is 1.18 bits per heavy atom. The van der Waals surface area contributed by atoms with E-state index in [1.54, 1.807) is 30.5 Å². The zero-order valence-electron chi connectivity index (χ0n) is 12.8. The van der Waals surface area contributed by atoms with Crippen molar-refractivity contribution in [2.24, 2.45) is 0 Å². The number of aromatic nitrogens is 1. The SMILES string of the molecule is CCNC(=O)c1ccc(NC(CC)c2ccc(F)cc2)nc1. The molecule has 0 fully saturated rings. The van der Waals surface area contributed by atoms with Crippen LogP contribution in [0, 0.1) is 5.82 Å². The quantitative estimate of drug-likeness (QED) is 0.858. The standard InChI is InChI=1S/C17H20FN3O/c1-3-15(12-5-8-14(18)9-6-12)21-16-10-7-13(11-20-16)17(22)19-4-2/h5-11,15H,3-4H2,1-2H3,(H,19,22)(H,20,21). The predicted octanol–water partition coefficient (Wildman–Crippen LogP) is 3.53. The molecule has 1 aromatic carbocycles. The number of rotatable bonds is 6. The molecule has 2 rings (SSSR count). The zero-order valence-corrected chi connectivity index (χ0v) is 12.8. The van der Waals surface area contributed by atoms with Gasteiger partial charge in [0.05, 0.1) is 11.6 Å². The topological polar surface area (TPSA) is 54.0 Å². The van der Waals surface area contributed by atoms with E-state index >= 15 is 0 Å². The van der Waals surface area contributed by atoms with E-state index in [1.807, 2.05) is 13.8 Å². The Bertz CT molecular complexity index is 611. The van der Waals surface area contributed by atoms with Crippen LogP contribution in [0.25, 0.3) is 0 Å². The molecule has 0 aliphatic heterocycles. The van der Waals surface area contributed by atoms with Crippen molar-refractivity contribution in [2.75, 3.05) is 11.9 Å². The predicted molar refractivity (Wildman–Crippen MR) is 85.3 cm³/mol. The maximum absolute atomic E-state index is 13.0. The number of anilines is 1. The van der Waals surface area contributed by atoms with Crippen LogP contribution in [0.1, 0.15) is 42.2 Å². The maximum atomic E-state index is 13.0. The molecule has 0 radical (unpaired) electrons. The van der Waals surface area contributed by atoms with Gasteiger partial charge in [0.2, 0.25) is 0 Å². The molecule has 1 amide bonds. The monoisotopic (exact) mass is 301 g/mol. The van der Waals surface area contributed by atoms with Crippen LogP contribution < -0.4 is 10.6 Å². The highest BCUT2D eigenvalue weighted by molar-refractivity contribution is 5.93. The number of halogens is 1. The summed E-state index contributed by atoms with van der Waals surface area (Å²) in [4.78, 5) is 15.9. The summed E-state index contributed by atoms with van der Waals surface area (Å²) in [5.74, 6) is 0.305. The molecule has 4 nitrogen and oxygen atoms in total. The van der Waals surface area contributed by atoms with Crippen LogP contribution in [0.4, 0.5) is 10.2 Å². The lowest BCUT2D eigenvalue weighted by atomic mass is 10.0. The highest BCUT2D eigenvalue weighted by Gasteiger charge is 2.11. The van der Waals surface area contributed by atoms with Gasteiger partial charge >= 0.3 is 0 Å². The van der Waals surface area contributed by atoms with Crippen molar-refractivity contribution >= 4 is 11.7 Å². The van der Waals surface area contributed by atoms with E-state index in [1.165, 1.54) is 12.1 Å². The molecule has 0 bridgehead atoms. The van der Waals surface area contributed by atoms with E-state index < -0.39 is 0 Å². The van der Waals surface area contributed by atoms with Gasteiger partial charge in [0, 0.05) is 12.7 Å². The van der Waals surface area contributed by atoms with Crippen LogP contribution in [0.2, 0.25) is 0 Å². The Balaban J connectivity index is 2.08. The number of carbonyl (C=O) groups excluding carboxylic acids is 1. The van der Waals surface area contributed by atoms with Crippen molar-refractivity contribution in [3.63, 3.8) is 0 Å². The fourth-order valence-corrected chi connectivity index (χ4v) is 2.17. The van der Waals surface area contributed by atoms with Crippen LogP contribution in [0.3, 0.4) is 0 Å². The minimum atomic E-state index is -0.247. The van der Waals surface area contributed by atoms with Gasteiger partial charge in [-0.05, 0) is 43.2 Å². The lowest BCUT2D eigenvalue weighted by Crippen LogP contribution is -2.22. The van der Waals surface area contributed by atoms with E-state index in [-0.39, 0.29) is 17.8 Å². The molecule has 0 spiro atoms. The van der Waals surface area contributed by atoms with Crippen molar-refractivity contribution in [3.05, 3.63) is 59.5 Å². The van der Waals surface area contributed by atoms with E-state index in [0.29, 0.717) is 17.9 Å². The first-order valence-electron chi connectivity index (χ1n) is 7.40. The van der Waals surface area contributed by atoms with Gasteiger partial charge in [-0.2, -0.15) is 0 Å². The molecule has 5 heteroatoms. The van der Waals surface area contributed by atoms with Gasteiger partial charge in [0.1, 0.15) is 11.6 Å². The summed E-state index contributed by atoms with van der Waals surface area (Å²) in [6, 6.07) is 9.98. The van der Waals surface area contributed by atoms with Crippen LogP contribution in [0.5, 0.6) is 0 Å². The molecule has 116 valence electrons. The molecule has 0 saturated carbocycles. The molecular formula is C17H20FN3O. The number of pyridine rings is 1. The largest absolute Gasteiger partial charge is 0.363 e. The first-order chi connectivity index (χ1) is 10.6. The summed E-state index contributed by atoms with van der Waals surface area (Å²) < 4.78 is 13.0. The summed E-state index contributed by atoms with van der Waals surface area (Å²) in [5, 5.41) is 6.03. The van der Waals surface area contributed by atoms with E-state index in [9.17, 15) is 9.18 Å².